The van der Waals surface area contributed by atoms with Crippen molar-refractivity contribution in [2.24, 2.45) is 0 Å². The summed E-state index contributed by atoms with van der Waals surface area (Å²) in [6, 6.07) is 83.2. The number of hydrogen-bond acceptors (Lipinski definition) is 7. The third kappa shape index (κ3) is 8.25. The van der Waals surface area contributed by atoms with Crippen LogP contribution in [0.1, 0.15) is 61.1 Å². The van der Waals surface area contributed by atoms with Crippen LogP contribution in [0, 0.1) is 29.2 Å². The van der Waals surface area contributed by atoms with Crippen LogP contribution in [0.5, 0.6) is 0 Å². The van der Waals surface area contributed by atoms with Crippen molar-refractivity contribution in [2.75, 3.05) is 9.80 Å². The Hall–Kier alpha value is -10.7. The number of anilines is 6. The van der Waals surface area contributed by atoms with E-state index in [0.29, 0.717) is 34.3 Å². The van der Waals surface area contributed by atoms with E-state index < -0.39 is 0 Å². The first-order valence-electron chi connectivity index (χ1n) is 26.6. The van der Waals surface area contributed by atoms with Gasteiger partial charge in [0.05, 0.1) is 64.0 Å². The molecule has 0 radical (unpaired) electrons. The Morgan fingerprint density at radius 3 is 1.11 bits per heavy atom. The fourth-order valence-corrected chi connectivity index (χ4v) is 11.9. The van der Waals surface area contributed by atoms with Gasteiger partial charge >= 0.3 is 0 Å². The Bertz CT molecular complexity index is 4110. The summed E-state index contributed by atoms with van der Waals surface area (Å²) in [5, 5.41) is 20.1. The van der Waals surface area contributed by atoms with E-state index in [1.54, 1.807) is 0 Å². The first-order valence-corrected chi connectivity index (χ1v) is 26.6. The second-order valence-electron chi connectivity index (χ2n) is 21.4. The van der Waals surface area contributed by atoms with Crippen molar-refractivity contribution in [1.82, 2.24) is 15.0 Å². The van der Waals surface area contributed by atoms with Gasteiger partial charge in [-0.15, -0.1) is 0 Å². The molecule has 13 rings (SSSR count). The lowest BCUT2D eigenvalue weighted by atomic mass is 9.73. The molecule has 0 spiro atoms. The summed E-state index contributed by atoms with van der Waals surface area (Å²) >= 11 is 0. The average Bonchev–Trinajstić information content (AvgIpc) is 3.62. The molecule has 10 aromatic carbocycles. The molecule has 0 atom stereocenters. The first-order chi connectivity index (χ1) is 39.0. The summed E-state index contributed by atoms with van der Waals surface area (Å²) in [6.07, 6.45) is 0. The monoisotopic (exact) mass is 1030 g/mol. The highest BCUT2D eigenvalue weighted by molar-refractivity contribution is 5.96. The van der Waals surface area contributed by atoms with E-state index in [1.807, 2.05) is 84.9 Å². The molecule has 0 fully saturated rings. The quantitative estimate of drug-likeness (QED) is 0.140. The summed E-state index contributed by atoms with van der Waals surface area (Å²) in [5.74, 6) is 1.40. The smallest absolute Gasteiger partial charge is 0.187 e. The Morgan fingerprint density at radius 1 is 0.350 bits per heavy atom. The van der Waals surface area contributed by atoms with E-state index >= 15 is 0 Å². The van der Waals surface area contributed by atoms with Crippen molar-refractivity contribution in [2.45, 2.75) is 38.5 Å². The van der Waals surface area contributed by atoms with Crippen LogP contribution in [-0.2, 0) is 10.8 Å². The van der Waals surface area contributed by atoms with Crippen molar-refractivity contribution in [3.05, 3.63) is 275 Å². The number of nitriles is 2. The minimum absolute atomic E-state index is 0.320. The molecule has 0 N–H and O–H groups in total. The van der Waals surface area contributed by atoms with Gasteiger partial charge in [-0.2, -0.15) is 10.5 Å². The van der Waals surface area contributed by atoms with Crippen molar-refractivity contribution < 1.29 is 0 Å². The molecular weight excluding hydrogens is 977 g/mol. The van der Waals surface area contributed by atoms with Gasteiger partial charge in [0.25, 0.3) is 0 Å². The third-order valence-corrected chi connectivity index (χ3v) is 16.0. The molecule has 1 aromatic heterocycles. The molecule has 0 unspecified atom stereocenters. The lowest BCUT2D eigenvalue weighted by Gasteiger charge is -2.42. The maximum absolute atomic E-state index is 10.1. The van der Waals surface area contributed by atoms with Crippen LogP contribution in [-0.4, -0.2) is 15.0 Å². The second-order valence-corrected chi connectivity index (χ2v) is 21.4. The molecule has 0 amide bonds. The zero-order chi connectivity index (χ0) is 54.7. The van der Waals surface area contributed by atoms with Gasteiger partial charge in [0.1, 0.15) is 0 Å². The number of fused-ring (bicyclic) bond motifs is 4. The van der Waals surface area contributed by atoms with Gasteiger partial charge in [-0.25, -0.2) is 19.8 Å². The van der Waals surface area contributed by atoms with Gasteiger partial charge < -0.3 is 9.80 Å². The number of para-hydroxylation sites is 4. The van der Waals surface area contributed by atoms with Crippen molar-refractivity contribution in [3.8, 4) is 79.7 Å². The van der Waals surface area contributed by atoms with Gasteiger partial charge in [-0.1, -0.05) is 179 Å². The molecule has 0 saturated heterocycles. The average molecular weight is 1030 g/mol. The SMILES string of the molecule is [C-]#[N+]c1cccc(-c2ccc(-c3nc(-c4ccc(-c5cccc(C#N)c5)cc4N4c5ccccc5C(C)(C)c5ccccc54)nc(-c4ccc(-c5cccc(C#N)c5)cc4N4c5ccccc5C(C)(C)c5ccccc54)n3)cc2)c1. The Balaban J connectivity index is 1.10. The number of rotatable bonds is 8. The zero-order valence-electron chi connectivity index (χ0n) is 44.5. The molecule has 80 heavy (non-hydrogen) atoms. The molecule has 378 valence electrons. The van der Waals surface area contributed by atoms with Crippen LogP contribution < -0.4 is 9.80 Å². The van der Waals surface area contributed by atoms with E-state index in [1.165, 1.54) is 22.3 Å². The number of hydrogen-bond donors (Lipinski definition) is 0. The Labute approximate surface area is 466 Å². The Morgan fingerprint density at radius 2 is 0.700 bits per heavy atom. The highest BCUT2D eigenvalue weighted by Crippen LogP contribution is 2.56. The maximum atomic E-state index is 10.1. The summed E-state index contributed by atoms with van der Waals surface area (Å²) in [4.78, 5) is 25.0. The van der Waals surface area contributed by atoms with Gasteiger partial charge in [0.15, 0.2) is 23.2 Å². The minimum atomic E-state index is -0.320. The van der Waals surface area contributed by atoms with Crippen LogP contribution in [0.2, 0.25) is 0 Å². The fourth-order valence-electron chi connectivity index (χ4n) is 11.9. The minimum Gasteiger partial charge on any atom is -0.309 e. The van der Waals surface area contributed by atoms with Crippen molar-refractivity contribution in [3.63, 3.8) is 0 Å². The van der Waals surface area contributed by atoms with Crippen LogP contribution in [0.25, 0.3) is 72.4 Å². The van der Waals surface area contributed by atoms with Crippen LogP contribution in [0.3, 0.4) is 0 Å². The third-order valence-electron chi connectivity index (χ3n) is 16.0. The lowest BCUT2D eigenvalue weighted by Crippen LogP contribution is -2.30. The van der Waals surface area contributed by atoms with Crippen LogP contribution in [0.15, 0.2) is 231 Å². The van der Waals surface area contributed by atoms with Crippen molar-refractivity contribution >= 4 is 39.8 Å². The topological polar surface area (TPSA) is 97.1 Å². The molecule has 0 saturated carbocycles. The predicted molar refractivity (Wildman–Crippen MR) is 322 cm³/mol. The molecular formula is C72H50N8. The number of benzene rings is 10. The van der Waals surface area contributed by atoms with Crippen LogP contribution >= 0.6 is 0 Å². The summed E-state index contributed by atoms with van der Waals surface area (Å²) < 4.78 is 0. The molecule has 8 heteroatoms. The van der Waals surface area contributed by atoms with E-state index in [0.717, 1.165) is 84.2 Å². The predicted octanol–water partition coefficient (Wildman–Crippen LogP) is 18.4. The molecule has 0 bridgehead atoms. The van der Waals surface area contributed by atoms with Crippen LogP contribution in [0.4, 0.5) is 39.8 Å². The summed E-state index contributed by atoms with van der Waals surface area (Å²) in [6.45, 7) is 16.8. The maximum Gasteiger partial charge on any atom is 0.187 e. The zero-order valence-corrected chi connectivity index (χ0v) is 44.5. The summed E-state index contributed by atoms with van der Waals surface area (Å²) in [7, 11) is 0. The highest BCUT2D eigenvalue weighted by Gasteiger charge is 2.39. The highest BCUT2D eigenvalue weighted by atomic mass is 15.2. The van der Waals surface area contributed by atoms with Gasteiger partial charge in [-0.05, 0) is 134 Å². The van der Waals surface area contributed by atoms with E-state index in [4.69, 9.17) is 21.5 Å². The molecule has 3 heterocycles. The van der Waals surface area contributed by atoms with E-state index in [2.05, 4.69) is 200 Å². The summed E-state index contributed by atoms with van der Waals surface area (Å²) in [5.41, 5.74) is 19.5. The fraction of sp³-hybridized carbons (Fsp3) is 0.0833. The van der Waals surface area contributed by atoms with Gasteiger partial charge in [0.2, 0.25) is 0 Å². The molecule has 8 nitrogen and oxygen atoms in total. The molecule has 11 aromatic rings. The van der Waals surface area contributed by atoms with E-state index in [9.17, 15) is 10.5 Å². The molecule has 2 aliphatic heterocycles. The second kappa shape index (κ2) is 19.4. The largest absolute Gasteiger partial charge is 0.309 e. The van der Waals surface area contributed by atoms with Crippen molar-refractivity contribution in [1.29, 1.82) is 10.5 Å². The van der Waals surface area contributed by atoms with E-state index in [-0.39, 0.29) is 10.8 Å². The normalized spacial score (nSPS) is 13.4. The molecule has 2 aliphatic rings. The molecule has 0 aliphatic carbocycles. The lowest BCUT2D eigenvalue weighted by molar-refractivity contribution is 0.632. The standard InChI is InChI=1S/C72H50N8/c1-71(2)58-23-6-10-27-62(58)79(63-28-11-7-24-59(63)71)66-42-53(50-19-14-17-46(39-50)44-73)35-37-56(66)69-76-68(49-33-31-48(32-34-49)52-21-16-22-55(41-52)75-5)77-70(78-69)57-38-36-54(51-20-15-18-47(40-51)45-74)43-67(57)80-64-29-12-8-25-60(64)72(3,4)61-26-9-13-30-65(61)80/h6-43H,1-4H3. The van der Waals surface area contributed by atoms with Gasteiger partial charge in [0, 0.05) is 27.5 Å². The van der Waals surface area contributed by atoms with Gasteiger partial charge in [-0.3, -0.25) is 0 Å². The Kier molecular flexibility index (Phi) is 11.8. The number of aromatic nitrogens is 3. The first kappa shape index (κ1) is 48.9. The number of nitrogens with zero attached hydrogens (tertiary/aromatic N) is 8.